The standard InChI is InChI=1S/C15H18N4OS2/c1-9-3-4-11-10(7-9)12-13-16-8-17-19(13)15(18-14(12)22-11)21-6-5-20-2/h8-9H,3-7H2,1-2H3/t9-/m1/s1. The van der Waals surface area contributed by atoms with Crippen molar-refractivity contribution in [3.63, 3.8) is 0 Å². The molecule has 0 spiro atoms. The van der Waals surface area contributed by atoms with Gasteiger partial charge in [0.05, 0.1) is 12.0 Å². The normalized spacial score (nSPS) is 18.2. The fourth-order valence-corrected chi connectivity index (χ4v) is 5.16. The number of hydrogen-bond acceptors (Lipinski definition) is 6. The summed E-state index contributed by atoms with van der Waals surface area (Å²) in [6.45, 7) is 3.04. The van der Waals surface area contributed by atoms with E-state index in [0.717, 1.165) is 33.7 Å². The van der Waals surface area contributed by atoms with E-state index in [2.05, 4.69) is 17.0 Å². The molecule has 0 aliphatic heterocycles. The van der Waals surface area contributed by atoms with Gasteiger partial charge in [0.2, 0.25) is 0 Å². The fourth-order valence-electron chi connectivity index (χ4n) is 3.05. The molecule has 4 rings (SSSR count). The number of thiophene rings is 1. The SMILES string of the molecule is COCCSc1nc2sc3c(c2c2ncnn12)C[C@H](C)CC3. The van der Waals surface area contributed by atoms with Gasteiger partial charge in [0, 0.05) is 17.7 Å². The zero-order chi connectivity index (χ0) is 15.1. The van der Waals surface area contributed by atoms with Crippen LogP contribution in [0.5, 0.6) is 0 Å². The van der Waals surface area contributed by atoms with E-state index in [1.807, 2.05) is 15.9 Å². The van der Waals surface area contributed by atoms with Crippen LogP contribution in [0.3, 0.4) is 0 Å². The third kappa shape index (κ3) is 2.31. The molecular weight excluding hydrogens is 316 g/mol. The lowest BCUT2D eigenvalue weighted by atomic mass is 9.89. The summed E-state index contributed by atoms with van der Waals surface area (Å²) in [4.78, 5) is 12.0. The maximum Gasteiger partial charge on any atom is 0.192 e. The summed E-state index contributed by atoms with van der Waals surface area (Å²) in [7, 11) is 1.72. The molecule has 0 fully saturated rings. The van der Waals surface area contributed by atoms with Crippen molar-refractivity contribution in [1.29, 1.82) is 0 Å². The van der Waals surface area contributed by atoms with Crippen molar-refractivity contribution in [2.45, 2.75) is 31.3 Å². The zero-order valence-corrected chi connectivity index (χ0v) is 14.3. The number of methoxy groups -OCH3 is 1. The van der Waals surface area contributed by atoms with Gasteiger partial charge in [0.25, 0.3) is 0 Å². The van der Waals surface area contributed by atoms with Crippen molar-refractivity contribution >= 4 is 39.0 Å². The average Bonchev–Trinajstić information content (AvgIpc) is 3.10. The zero-order valence-electron chi connectivity index (χ0n) is 12.7. The van der Waals surface area contributed by atoms with Gasteiger partial charge in [-0.05, 0) is 30.7 Å². The van der Waals surface area contributed by atoms with Crippen LogP contribution in [0, 0.1) is 5.92 Å². The Kier molecular flexibility index (Phi) is 3.79. The number of nitrogens with zero attached hydrogens (tertiary/aromatic N) is 4. The van der Waals surface area contributed by atoms with Crippen LogP contribution in [0.1, 0.15) is 23.8 Å². The van der Waals surface area contributed by atoms with Crippen molar-refractivity contribution in [2.75, 3.05) is 19.5 Å². The lowest BCUT2D eigenvalue weighted by Gasteiger charge is -2.17. The van der Waals surface area contributed by atoms with Crippen LogP contribution in [0.4, 0.5) is 0 Å². The van der Waals surface area contributed by atoms with Crippen molar-refractivity contribution < 1.29 is 4.74 Å². The first-order chi connectivity index (χ1) is 10.8. The lowest BCUT2D eigenvalue weighted by molar-refractivity contribution is 0.218. The summed E-state index contributed by atoms with van der Waals surface area (Å²) >= 11 is 3.51. The second-order valence-corrected chi connectivity index (χ2v) is 7.91. The van der Waals surface area contributed by atoms with Gasteiger partial charge in [-0.15, -0.1) is 11.3 Å². The highest BCUT2D eigenvalue weighted by atomic mass is 32.2. The summed E-state index contributed by atoms with van der Waals surface area (Å²) < 4.78 is 7.02. The Bertz CT molecular complexity index is 826. The number of fused-ring (bicyclic) bond motifs is 5. The summed E-state index contributed by atoms with van der Waals surface area (Å²) in [5, 5.41) is 6.51. The van der Waals surface area contributed by atoms with Crippen LogP contribution in [0.2, 0.25) is 0 Å². The van der Waals surface area contributed by atoms with Crippen LogP contribution in [0.25, 0.3) is 15.9 Å². The van der Waals surface area contributed by atoms with Crippen LogP contribution in [-0.4, -0.2) is 39.1 Å². The first-order valence-electron chi connectivity index (χ1n) is 7.53. The molecule has 0 aromatic carbocycles. The van der Waals surface area contributed by atoms with Gasteiger partial charge in [0.15, 0.2) is 10.8 Å². The van der Waals surface area contributed by atoms with Crippen molar-refractivity contribution in [3.05, 3.63) is 16.8 Å². The molecule has 1 atom stereocenters. The molecule has 0 unspecified atom stereocenters. The molecule has 0 bridgehead atoms. The molecule has 0 saturated heterocycles. The molecule has 3 heterocycles. The third-order valence-electron chi connectivity index (χ3n) is 4.16. The molecule has 3 aromatic rings. The highest BCUT2D eigenvalue weighted by molar-refractivity contribution is 7.99. The number of aromatic nitrogens is 4. The third-order valence-corrected chi connectivity index (χ3v) is 6.24. The van der Waals surface area contributed by atoms with Crippen LogP contribution < -0.4 is 0 Å². The molecule has 0 amide bonds. The molecular formula is C15H18N4OS2. The monoisotopic (exact) mass is 334 g/mol. The second kappa shape index (κ2) is 5.79. The molecule has 3 aromatic heterocycles. The smallest absolute Gasteiger partial charge is 0.192 e. The Morgan fingerprint density at radius 2 is 2.41 bits per heavy atom. The van der Waals surface area contributed by atoms with Gasteiger partial charge < -0.3 is 4.74 Å². The first-order valence-corrected chi connectivity index (χ1v) is 9.34. The lowest BCUT2D eigenvalue weighted by Crippen LogP contribution is -2.09. The van der Waals surface area contributed by atoms with Gasteiger partial charge in [0.1, 0.15) is 11.2 Å². The van der Waals surface area contributed by atoms with E-state index in [1.165, 1.54) is 28.7 Å². The number of aryl methyl sites for hydroxylation is 1. The minimum Gasteiger partial charge on any atom is -0.384 e. The molecule has 22 heavy (non-hydrogen) atoms. The van der Waals surface area contributed by atoms with E-state index in [9.17, 15) is 0 Å². The van der Waals surface area contributed by atoms with Gasteiger partial charge in [-0.2, -0.15) is 9.61 Å². The predicted octanol–water partition coefficient (Wildman–Crippen LogP) is 3.20. The molecule has 5 nitrogen and oxygen atoms in total. The highest BCUT2D eigenvalue weighted by Gasteiger charge is 2.24. The molecule has 7 heteroatoms. The maximum atomic E-state index is 5.13. The molecule has 1 aliphatic carbocycles. The Hall–Kier alpha value is -1.18. The summed E-state index contributed by atoms with van der Waals surface area (Å²) in [6, 6.07) is 0. The Morgan fingerprint density at radius 1 is 1.50 bits per heavy atom. The van der Waals surface area contributed by atoms with E-state index in [0.29, 0.717) is 6.61 Å². The number of ether oxygens (including phenoxy) is 1. The van der Waals surface area contributed by atoms with Crippen LogP contribution in [0.15, 0.2) is 11.5 Å². The molecule has 1 aliphatic rings. The summed E-state index contributed by atoms with van der Waals surface area (Å²) in [5.41, 5.74) is 2.41. The van der Waals surface area contributed by atoms with Crippen molar-refractivity contribution in [1.82, 2.24) is 19.6 Å². The van der Waals surface area contributed by atoms with E-state index in [-0.39, 0.29) is 0 Å². The van der Waals surface area contributed by atoms with Crippen LogP contribution in [-0.2, 0) is 17.6 Å². The quantitative estimate of drug-likeness (QED) is 0.417. The van der Waals surface area contributed by atoms with E-state index in [4.69, 9.17) is 9.72 Å². The largest absolute Gasteiger partial charge is 0.384 e. The van der Waals surface area contributed by atoms with E-state index >= 15 is 0 Å². The Labute approximate surface area is 137 Å². The molecule has 0 radical (unpaired) electrons. The van der Waals surface area contributed by atoms with Gasteiger partial charge in [-0.3, -0.25) is 0 Å². The highest BCUT2D eigenvalue weighted by Crippen LogP contribution is 2.39. The first kappa shape index (κ1) is 14.4. The minimum absolute atomic E-state index is 0.707. The predicted molar refractivity (Wildman–Crippen MR) is 90.0 cm³/mol. The summed E-state index contributed by atoms with van der Waals surface area (Å²) in [6.07, 6.45) is 5.21. The summed E-state index contributed by atoms with van der Waals surface area (Å²) in [5.74, 6) is 1.61. The molecule has 0 N–H and O–H groups in total. The van der Waals surface area contributed by atoms with Gasteiger partial charge in [-0.25, -0.2) is 9.97 Å². The van der Waals surface area contributed by atoms with Crippen molar-refractivity contribution in [3.8, 4) is 0 Å². The van der Waals surface area contributed by atoms with Gasteiger partial charge in [-0.1, -0.05) is 18.7 Å². The van der Waals surface area contributed by atoms with Crippen molar-refractivity contribution in [2.24, 2.45) is 5.92 Å². The topological polar surface area (TPSA) is 52.3 Å². The van der Waals surface area contributed by atoms with Gasteiger partial charge >= 0.3 is 0 Å². The fraction of sp³-hybridized carbons (Fsp3) is 0.533. The molecule has 0 saturated carbocycles. The maximum absolute atomic E-state index is 5.13. The second-order valence-electron chi connectivity index (χ2n) is 5.76. The van der Waals surface area contributed by atoms with E-state index in [1.54, 1.807) is 25.2 Å². The Morgan fingerprint density at radius 3 is 3.27 bits per heavy atom. The van der Waals surface area contributed by atoms with E-state index < -0.39 is 0 Å². The Balaban J connectivity index is 1.88. The number of hydrogen-bond donors (Lipinski definition) is 0. The van der Waals surface area contributed by atoms with Crippen LogP contribution >= 0.6 is 23.1 Å². The number of thioether (sulfide) groups is 1. The number of rotatable bonds is 4. The molecule has 116 valence electrons. The minimum atomic E-state index is 0.707. The average molecular weight is 334 g/mol.